The molecule has 1 amide bonds. The number of ether oxygens (including phenoxy) is 2. The maximum absolute atomic E-state index is 12.1. The highest BCUT2D eigenvalue weighted by Gasteiger charge is 2.10. The molecule has 0 aliphatic rings. The summed E-state index contributed by atoms with van der Waals surface area (Å²) < 4.78 is 12.2. The molecule has 0 unspecified atom stereocenters. The molecule has 0 saturated heterocycles. The van der Waals surface area contributed by atoms with Gasteiger partial charge in [0.05, 0.1) is 25.7 Å². The van der Waals surface area contributed by atoms with Gasteiger partial charge in [-0.25, -0.2) is 0 Å². The van der Waals surface area contributed by atoms with Crippen LogP contribution in [-0.4, -0.2) is 47.2 Å². The van der Waals surface area contributed by atoms with Crippen molar-refractivity contribution >= 4 is 17.7 Å². The van der Waals surface area contributed by atoms with E-state index in [0.29, 0.717) is 11.7 Å². The molecule has 7 nitrogen and oxygen atoms in total. The van der Waals surface area contributed by atoms with Crippen molar-refractivity contribution in [2.75, 3.05) is 26.5 Å². The number of nitrogens with one attached hydrogen (secondary N) is 1. The number of thioether (sulfide) groups is 1. The SMILES string of the molecule is COc1ccc(CCNC(=O)CSc2nncn2-c2cccc(OC)c2)cc1. The van der Waals surface area contributed by atoms with Crippen LogP contribution in [0.25, 0.3) is 5.69 Å². The predicted molar refractivity (Wildman–Crippen MR) is 108 cm³/mol. The number of benzene rings is 2. The van der Waals surface area contributed by atoms with Gasteiger partial charge in [-0.3, -0.25) is 9.36 Å². The first-order valence-corrected chi connectivity index (χ1v) is 9.75. The molecule has 3 aromatic rings. The highest BCUT2D eigenvalue weighted by Crippen LogP contribution is 2.22. The molecule has 28 heavy (non-hydrogen) atoms. The van der Waals surface area contributed by atoms with Crippen molar-refractivity contribution in [2.24, 2.45) is 0 Å². The van der Waals surface area contributed by atoms with E-state index in [-0.39, 0.29) is 11.7 Å². The summed E-state index contributed by atoms with van der Waals surface area (Å²) in [5, 5.41) is 11.6. The minimum Gasteiger partial charge on any atom is -0.497 e. The molecule has 0 bridgehead atoms. The number of methoxy groups -OCH3 is 2. The van der Waals surface area contributed by atoms with Crippen molar-refractivity contribution in [2.45, 2.75) is 11.6 Å². The van der Waals surface area contributed by atoms with Gasteiger partial charge in [-0.1, -0.05) is 30.0 Å². The highest BCUT2D eigenvalue weighted by molar-refractivity contribution is 7.99. The fourth-order valence-electron chi connectivity index (χ4n) is 2.58. The summed E-state index contributed by atoms with van der Waals surface area (Å²) >= 11 is 1.34. The summed E-state index contributed by atoms with van der Waals surface area (Å²) in [4.78, 5) is 12.1. The highest BCUT2D eigenvalue weighted by atomic mass is 32.2. The zero-order chi connectivity index (χ0) is 19.8. The Morgan fingerprint density at radius 3 is 2.64 bits per heavy atom. The summed E-state index contributed by atoms with van der Waals surface area (Å²) in [5.74, 6) is 1.80. The molecule has 0 aliphatic carbocycles. The van der Waals surface area contributed by atoms with E-state index in [1.54, 1.807) is 20.5 Å². The van der Waals surface area contributed by atoms with Gasteiger partial charge in [0.15, 0.2) is 5.16 Å². The summed E-state index contributed by atoms with van der Waals surface area (Å²) in [5.41, 5.74) is 2.03. The second-order valence-electron chi connectivity index (χ2n) is 5.92. The van der Waals surface area contributed by atoms with E-state index in [1.807, 2.05) is 53.1 Å². The van der Waals surface area contributed by atoms with Crippen LogP contribution in [0.5, 0.6) is 11.5 Å². The van der Waals surface area contributed by atoms with E-state index in [4.69, 9.17) is 9.47 Å². The lowest BCUT2D eigenvalue weighted by Gasteiger charge is -2.08. The lowest BCUT2D eigenvalue weighted by atomic mass is 10.1. The molecule has 0 fully saturated rings. The number of carbonyl (C=O) groups is 1. The maximum atomic E-state index is 12.1. The number of carbonyl (C=O) groups excluding carboxylic acids is 1. The van der Waals surface area contributed by atoms with Gasteiger partial charge in [-0.05, 0) is 36.2 Å². The first-order chi connectivity index (χ1) is 13.7. The molecule has 1 N–H and O–H groups in total. The third-order valence-electron chi connectivity index (χ3n) is 4.08. The van der Waals surface area contributed by atoms with Gasteiger partial charge in [0.25, 0.3) is 0 Å². The minimum atomic E-state index is -0.0429. The third-order valence-corrected chi connectivity index (χ3v) is 5.02. The van der Waals surface area contributed by atoms with Gasteiger partial charge in [-0.2, -0.15) is 0 Å². The van der Waals surface area contributed by atoms with Crippen molar-refractivity contribution in [3.63, 3.8) is 0 Å². The molecule has 1 heterocycles. The monoisotopic (exact) mass is 398 g/mol. The zero-order valence-electron chi connectivity index (χ0n) is 15.8. The van der Waals surface area contributed by atoms with Crippen LogP contribution in [0.4, 0.5) is 0 Å². The Balaban J connectivity index is 1.49. The Morgan fingerprint density at radius 2 is 1.89 bits per heavy atom. The fraction of sp³-hybridized carbons (Fsp3) is 0.250. The van der Waals surface area contributed by atoms with Gasteiger partial charge in [-0.15, -0.1) is 10.2 Å². The maximum Gasteiger partial charge on any atom is 0.230 e. The number of amides is 1. The van der Waals surface area contributed by atoms with Crippen molar-refractivity contribution in [3.05, 3.63) is 60.4 Å². The Bertz CT molecular complexity index is 912. The van der Waals surface area contributed by atoms with Crippen LogP contribution < -0.4 is 14.8 Å². The van der Waals surface area contributed by atoms with Crippen molar-refractivity contribution in [1.82, 2.24) is 20.1 Å². The van der Waals surface area contributed by atoms with Gasteiger partial charge in [0.1, 0.15) is 17.8 Å². The first-order valence-electron chi connectivity index (χ1n) is 8.76. The second kappa shape index (κ2) is 9.80. The molecule has 2 aromatic carbocycles. The number of aromatic nitrogens is 3. The lowest BCUT2D eigenvalue weighted by Crippen LogP contribution is -2.27. The van der Waals surface area contributed by atoms with Crippen molar-refractivity contribution in [3.8, 4) is 17.2 Å². The van der Waals surface area contributed by atoms with Gasteiger partial charge >= 0.3 is 0 Å². The van der Waals surface area contributed by atoms with Crippen LogP contribution in [0.2, 0.25) is 0 Å². The molecule has 1 aromatic heterocycles. The molecule has 0 atom stereocenters. The molecular formula is C20H22N4O3S. The normalized spacial score (nSPS) is 10.5. The first kappa shape index (κ1) is 19.8. The van der Waals surface area contributed by atoms with Crippen LogP contribution in [0, 0.1) is 0 Å². The average Bonchev–Trinajstić information content (AvgIpc) is 3.21. The molecule has 3 rings (SSSR count). The molecule has 146 valence electrons. The number of hydrogen-bond donors (Lipinski definition) is 1. The van der Waals surface area contributed by atoms with Gasteiger partial charge in [0, 0.05) is 12.6 Å². The standard InChI is InChI=1S/C20H22N4O3S/c1-26-17-8-6-15(7-9-17)10-11-21-19(25)13-28-20-23-22-14-24(20)16-4-3-5-18(12-16)27-2/h3-9,12,14H,10-11,13H2,1-2H3,(H,21,25). The zero-order valence-corrected chi connectivity index (χ0v) is 16.6. The largest absolute Gasteiger partial charge is 0.497 e. The van der Waals surface area contributed by atoms with E-state index >= 15 is 0 Å². The quantitative estimate of drug-likeness (QED) is 0.559. The van der Waals surface area contributed by atoms with E-state index in [2.05, 4.69) is 15.5 Å². The topological polar surface area (TPSA) is 78.3 Å². The van der Waals surface area contributed by atoms with Crippen molar-refractivity contribution < 1.29 is 14.3 Å². The van der Waals surface area contributed by atoms with E-state index in [0.717, 1.165) is 29.2 Å². The third kappa shape index (κ3) is 5.26. The average molecular weight is 398 g/mol. The van der Waals surface area contributed by atoms with E-state index in [9.17, 15) is 4.79 Å². The van der Waals surface area contributed by atoms with Crippen LogP contribution >= 0.6 is 11.8 Å². The molecule has 0 saturated carbocycles. The molecule has 0 aliphatic heterocycles. The predicted octanol–water partition coefficient (Wildman–Crippen LogP) is 2.74. The molecule has 0 radical (unpaired) electrons. The summed E-state index contributed by atoms with van der Waals surface area (Å²) in [6.07, 6.45) is 2.39. The van der Waals surface area contributed by atoms with E-state index < -0.39 is 0 Å². The van der Waals surface area contributed by atoms with Crippen LogP contribution in [0.1, 0.15) is 5.56 Å². The summed E-state index contributed by atoms with van der Waals surface area (Å²) in [6.45, 7) is 0.578. The lowest BCUT2D eigenvalue weighted by molar-refractivity contribution is -0.118. The number of rotatable bonds is 9. The Hall–Kier alpha value is -3.00. The molecule has 8 heteroatoms. The van der Waals surface area contributed by atoms with Gasteiger partial charge < -0.3 is 14.8 Å². The smallest absolute Gasteiger partial charge is 0.230 e. The van der Waals surface area contributed by atoms with Crippen LogP contribution in [-0.2, 0) is 11.2 Å². The fourth-order valence-corrected chi connectivity index (χ4v) is 3.34. The van der Waals surface area contributed by atoms with Crippen molar-refractivity contribution in [1.29, 1.82) is 0 Å². The molecule has 0 spiro atoms. The van der Waals surface area contributed by atoms with Crippen LogP contribution in [0.3, 0.4) is 0 Å². The van der Waals surface area contributed by atoms with E-state index in [1.165, 1.54) is 11.8 Å². The summed E-state index contributed by atoms with van der Waals surface area (Å²) in [6, 6.07) is 15.4. The van der Waals surface area contributed by atoms with Gasteiger partial charge in [0.2, 0.25) is 5.91 Å². The Morgan fingerprint density at radius 1 is 1.11 bits per heavy atom. The Kier molecular flexibility index (Phi) is 6.91. The minimum absolute atomic E-state index is 0.0429. The number of hydrogen-bond acceptors (Lipinski definition) is 6. The number of nitrogens with zero attached hydrogens (tertiary/aromatic N) is 3. The summed E-state index contributed by atoms with van der Waals surface area (Å²) in [7, 11) is 3.26. The Labute approximate surface area is 168 Å². The molecular weight excluding hydrogens is 376 g/mol. The van der Waals surface area contributed by atoms with Crippen LogP contribution in [0.15, 0.2) is 60.0 Å². The second-order valence-corrected chi connectivity index (χ2v) is 6.86.